The summed E-state index contributed by atoms with van der Waals surface area (Å²) in [5.41, 5.74) is 0. The second-order valence-corrected chi connectivity index (χ2v) is 5.74. The van der Waals surface area contributed by atoms with Crippen LogP contribution in [0.15, 0.2) is 4.52 Å². The van der Waals surface area contributed by atoms with Crippen molar-refractivity contribution in [1.29, 1.82) is 0 Å². The van der Waals surface area contributed by atoms with Gasteiger partial charge in [0.1, 0.15) is 0 Å². The summed E-state index contributed by atoms with van der Waals surface area (Å²) >= 11 is 0. The third-order valence-corrected chi connectivity index (χ3v) is 3.77. The van der Waals surface area contributed by atoms with E-state index in [4.69, 9.17) is 4.52 Å². The minimum Gasteiger partial charge on any atom is -0.339 e. The molecule has 1 aliphatic rings. The van der Waals surface area contributed by atoms with Crippen LogP contribution in [0.2, 0.25) is 0 Å². The molecule has 114 valence electrons. The average molecular weight is 280 g/mol. The van der Waals surface area contributed by atoms with Crippen molar-refractivity contribution >= 4 is 0 Å². The second-order valence-electron chi connectivity index (χ2n) is 5.74. The van der Waals surface area contributed by atoms with Crippen molar-refractivity contribution in [2.75, 3.05) is 19.6 Å². The van der Waals surface area contributed by atoms with Gasteiger partial charge in [-0.25, -0.2) is 0 Å². The van der Waals surface area contributed by atoms with Crippen LogP contribution >= 0.6 is 0 Å². The van der Waals surface area contributed by atoms with Gasteiger partial charge in [0.05, 0.1) is 6.54 Å². The van der Waals surface area contributed by atoms with Gasteiger partial charge in [-0.05, 0) is 38.8 Å². The molecule has 2 heterocycles. The number of hydrogen-bond donors (Lipinski definition) is 1. The van der Waals surface area contributed by atoms with Gasteiger partial charge in [0.15, 0.2) is 5.82 Å². The van der Waals surface area contributed by atoms with Crippen molar-refractivity contribution in [3.63, 3.8) is 0 Å². The van der Waals surface area contributed by atoms with E-state index in [1.807, 2.05) is 0 Å². The summed E-state index contributed by atoms with van der Waals surface area (Å²) in [6.45, 7) is 8.50. The first kappa shape index (κ1) is 15.4. The van der Waals surface area contributed by atoms with Crippen LogP contribution in [-0.2, 0) is 13.0 Å². The molecule has 1 N–H and O–H groups in total. The van der Waals surface area contributed by atoms with Gasteiger partial charge >= 0.3 is 0 Å². The van der Waals surface area contributed by atoms with Crippen LogP contribution in [-0.4, -0.2) is 40.7 Å². The molecular weight excluding hydrogens is 252 g/mol. The number of rotatable bonds is 8. The summed E-state index contributed by atoms with van der Waals surface area (Å²) in [5.74, 6) is 1.60. The zero-order valence-electron chi connectivity index (χ0n) is 12.9. The van der Waals surface area contributed by atoms with Crippen LogP contribution in [0.3, 0.4) is 0 Å². The van der Waals surface area contributed by atoms with E-state index in [-0.39, 0.29) is 0 Å². The van der Waals surface area contributed by atoms with E-state index < -0.39 is 0 Å². The summed E-state index contributed by atoms with van der Waals surface area (Å²) in [6, 6.07) is 0.623. The monoisotopic (exact) mass is 280 g/mol. The van der Waals surface area contributed by atoms with Crippen LogP contribution in [0, 0.1) is 0 Å². The molecule has 0 bridgehead atoms. The van der Waals surface area contributed by atoms with Crippen LogP contribution in [0.25, 0.3) is 0 Å². The molecule has 5 nitrogen and oxygen atoms in total. The molecule has 1 atom stereocenters. The Balaban J connectivity index is 1.86. The molecule has 1 unspecified atom stereocenters. The topological polar surface area (TPSA) is 54.2 Å². The number of aromatic nitrogens is 2. The zero-order valence-corrected chi connectivity index (χ0v) is 12.9. The quantitative estimate of drug-likeness (QED) is 0.792. The largest absolute Gasteiger partial charge is 0.339 e. The third kappa shape index (κ3) is 4.87. The van der Waals surface area contributed by atoms with E-state index in [9.17, 15) is 0 Å². The fourth-order valence-electron chi connectivity index (χ4n) is 2.81. The van der Waals surface area contributed by atoms with Gasteiger partial charge in [-0.3, -0.25) is 4.90 Å². The Morgan fingerprint density at radius 3 is 2.90 bits per heavy atom. The molecule has 5 heteroatoms. The molecule has 0 spiro atoms. The lowest BCUT2D eigenvalue weighted by Crippen LogP contribution is -2.43. The van der Waals surface area contributed by atoms with Gasteiger partial charge in [0, 0.05) is 19.0 Å². The summed E-state index contributed by atoms with van der Waals surface area (Å²) in [4.78, 5) is 6.92. The van der Waals surface area contributed by atoms with Crippen LogP contribution < -0.4 is 5.32 Å². The van der Waals surface area contributed by atoms with E-state index >= 15 is 0 Å². The summed E-state index contributed by atoms with van der Waals surface area (Å²) in [5, 5.41) is 7.72. The van der Waals surface area contributed by atoms with Gasteiger partial charge in [0.25, 0.3) is 0 Å². The zero-order chi connectivity index (χ0) is 14.2. The third-order valence-electron chi connectivity index (χ3n) is 3.77. The molecule has 0 saturated carbocycles. The Hall–Kier alpha value is -0.940. The summed E-state index contributed by atoms with van der Waals surface area (Å²) in [6.07, 6.45) is 7.03. The predicted molar refractivity (Wildman–Crippen MR) is 79.5 cm³/mol. The second kappa shape index (κ2) is 8.37. The van der Waals surface area contributed by atoms with Gasteiger partial charge in [-0.1, -0.05) is 25.4 Å². The molecule has 1 aromatic rings. The van der Waals surface area contributed by atoms with Crippen molar-refractivity contribution < 1.29 is 4.52 Å². The number of aryl methyl sites for hydroxylation is 1. The van der Waals surface area contributed by atoms with Gasteiger partial charge in [-0.15, -0.1) is 0 Å². The summed E-state index contributed by atoms with van der Waals surface area (Å²) in [7, 11) is 0. The molecule has 0 aromatic carbocycles. The normalized spacial score (nSPS) is 19.6. The Bertz CT molecular complexity index is 374. The van der Waals surface area contributed by atoms with Crippen molar-refractivity contribution in [1.82, 2.24) is 20.4 Å². The maximum absolute atomic E-state index is 5.27. The Kier molecular flexibility index (Phi) is 6.47. The molecule has 0 aliphatic carbocycles. The van der Waals surface area contributed by atoms with E-state index in [1.165, 1.54) is 19.3 Å². The Labute approximate surface area is 122 Å². The highest BCUT2D eigenvalue weighted by atomic mass is 16.5. The Morgan fingerprint density at radius 2 is 2.20 bits per heavy atom. The number of nitrogens with one attached hydrogen (secondary N) is 1. The lowest BCUT2D eigenvalue weighted by Gasteiger charge is -2.29. The molecule has 1 aliphatic heterocycles. The van der Waals surface area contributed by atoms with Gasteiger partial charge in [0.2, 0.25) is 5.89 Å². The minimum atomic E-state index is 0.623. The first-order valence-electron chi connectivity index (χ1n) is 8.09. The van der Waals surface area contributed by atoms with E-state index in [0.717, 1.165) is 57.2 Å². The van der Waals surface area contributed by atoms with Crippen LogP contribution in [0.4, 0.5) is 0 Å². The first-order valence-corrected chi connectivity index (χ1v) is 8.09. The average Bonchev–Trinajstić information content (AvgIpc) is 2.88. The van der Waals surface area contributed by atoms with Crippen molar-refractivity contribution in [2.45, 2.75) is 65.0 Å². The lowest BCUT2D eigenvalue weighted by molar-refractivity contribution is 0.210. The van der Waals surface area contributed by atoms with Gasteiger partial charge < -0.3 is 9.84 Å². The fourth-order valence-corrected chi connectivity index (χ4v) is 2.81. The number of nitrogens with zero attached hydrogens (tertiary/aromatic N) is 3. The SMILES string of the molecule is CCCc1nc(CN(CCC)CC2CCCCN2)no1. The van der Waals surface area contributed by atoms with E-state index in [2.05, 4.69) is 34.2 Å². The van der Waals surface area contributed by atoms with Crippen LogP contribution in [0.5, 0.6) is 0 Å². The van der Waals surface area contributed by atoms with Crippen molar-refractivity contribution in [3.05, 3.63) is 11.7 Å². The van der Waals surface area contributed by atoms with Gasteiger partial charge in [-0.2, -0.15) is 4.98 Å². The molecule has 1 aromatic heterocycles. The molecule has 1 saturated heterocycles. The Morgan fingerprint density at radius 1 is 1.30 bits per heavy atom. The number of piperidine rings is 1. The summed E-state index contributed by atoms with van der Waals surface area (Å²) < 4.78 is 5.27. The molecule has 1 fully saturated rings. The van der Waals surface area contributed by atoms with E-state index in [0.29, 0.717) is 6.04 Å². The predicted octanol–water partition coefficient (Wildman–Crippen LogP) is 2.38. The highest BCUT2D eigenvalue weighted by Gasteiger charge is 2.18. The van der Waals surface area contributed by atoms with E-state index in [1.54, 1.807) is 0 Å². The minimum absolute atomic E-state index is 0.623. The van der Waals surface area contributed by atoms with Crippen molar-refractivity contribution in [3.8, 4) is 0 Å². The maximum Gasteiger partial charge on any atom is 0.226 e. The lowest BCUT2D eigenvalue weighted by atomic mass is 10.0. The maximum atomic E-state index is 5.27. The molecule has 0 amide bonds. The molecule has 0 radical (unpaired) electrons. The van der Waals surface area contributed by atoms with Crippen LogP contribution in [0.1, 0.15) is 57.7 Å². The molecule has 2 rings (SSSR count). The smallest absolute Gasteiger partial charge is 0.226 e. The highest BCUT2D eigenvalue weighted by molar-refractivity contribution is 4.87. The molecule has 20 heavy (non-hydrogen) atoms. The fraction of sp³-hybridized carbons (Fsp3) is 0.867. The molecular formula is C15H28N4O. The standard InChI is InChI=1S/C15H28N4O/c1-3-7-15-17-14(18-20-15)12-19(10-4-2)11-13-8-5-6-9-16-13/h13,16H,3-12H2,1-2H3. The highest BCUT2D eigenvalue weighted by Crippen LogP contribution is 2.11. The first-order chi connectivity index (χ1) is 9.81. The number of hydrogen-bond acceptors (Lipinski definition) is 5. The van der Waals surface area contributed by atoms with Crippen molar-refractivity contribution in [2.24, 2.45) is 0 Å².